The van der Waals surface area contributed by atoms with Crippen molar-refractivity contribution < 1.29 is 22.8 Å². The first-order chi connectivity index (χ1) is 8.25. The lowest BCUT2D eigenvalue weighted by Gasteiger charge is -2.12. The fourth-order valence-electron chi connectivity index (χ4n) is 1.26. The fourth-order valence-corrected chi connectivity index (χ4v) is 1.26. The average Bonchev–Trinajstić information content (AvgIpc) is 2.29. The number of aryl methyl sites for hydroxylation is 1. The van der Waals surface area contributed by atoms with E-state index in [9.17, 15) is 22.8 Å². The molecule has 0 saturated heterocycles. The third kappa shape index (κ3) is 3.20. The third-order valence-corrected chi connectivity index (χ3v) is 2.14. The zero-order valence-electron chi connectivity index (χ0n) is 9.26. The summed E-state index contributed by atoms with van der Waals surface area (Å²) in [6, 6.07) is 3.20. The largest absolute Gasteiger partial charge is 0.416 e. The van der Waals surface area contributed by atoms with Gasteiger partial charge < -0.3 is 5.32 Å². The van der Waals surface area contributed by atoms with E-state index in [-0.39, 0.29) is 11.3 Å². The zero-order valence-corrected chi connectivity index (χ0v) is 9.26. The summed E-state index contributed by atoms with van der Waals surface area (Å²) in [5, 5.41) is 2.00. The van der Waals surface area contributed by atoms with Crippen LogP contribution in [0.1, 0.15) is 11.1 Å². The number of anilines is 1. The lowest BCUT2D eigenvalue weighted by atomic mass is 10.1. The van der Waals surface area contributed by atoms with Gasteiger partial charge in [0.15, 0.2) is 0 Å². The van der Waals surface area contributed by atoms with Gasteiger partial charge in [0.2, 0.25) is 0 Å². The molecule has 0 heterocycles. The van der Waals surface area contributed by atoms with Gasteiger partial charge in [0.1, 0.15) is 0 Å². The molecule has 0 spiro atoms. The first-order valence-corrected chi connectivity index (χ1v) is 4.75. The van der Waals surface area contributed by atoms with Gasteiger partial charge in [-0.3, -0.25) is 15.0 Å². The minimum Gasteiger partial charge on any atom is -0.318 e. The molecule has 0 aliphatic heterocycles. The highest BCUT2D eigenvalue weighted by atomic mass is 19.4. The van der Waals surface area contributed by atoms with E-state index in [0.717, 1.165) is 6.07 Å². The highest BCUT2D eigenvalue weighted by molar-refractivity contribution is 6.39. The maximum Gasteiger partial charge on any atom is 0.416 e. The fraction of sp³-hybridized carbons (Fsp3) is 0.200. The van der Waals surface area contributed by atoms with Crippen LogP contribution >= 0.6 is 0 Å². The van der Waals surface area contributed by atoms with Crippen LogP contribution in [-0.2, 0) is 15.8 Å². The van der Waals surface area contributed by atoms with Crippen molar-refractivity contribution in [2.45, 2.75) is 13.1 Å². The first kappa shape index (κ1) is 14.0. The van der Waals surface area contributed by atoms with Crippen LogP contribution in [0.4, 0.5) is 18.9 Å². The van der Waals surface area contributed by atoms with Gasteiger partial charge in [0.25, 0.3) is 0 Å². The number of carbonyl (C=O) groups excluding carboxylic acids is 2. The van der Waals surface area contributed by atoms with E-state index in [2.05, 4.69) is 0 Å². The Labute approximate surface area is 100 Å². The van der Waals surface area contributed by atoms with Crippen LogP contribution < -0.4 is 16.6 Å². The molecule has 98 valence electrons. The lowest BCUT2D eigenvalue weighted by Crippen LogP contribution is -2.39. The summed E-state index contributed by atoms with van der Waals surface area (Å²) < 4.78 is 37.7. The first-order valence-electron chi connectivity index (χ1n) is 4.75. The van der Waals surface area contributed by atoms with Gasteiger partial charge in [0, 0.05) is 5.69 Å². The van der Waals surface area contributed by atoms with Crippen molar-refractivity contribution in [3.63, 3.8) is 0 Å². The number of hydrogen-bond donors (Lipinski definition) is 3. The molecule has 1 rings (SSSR count). The van der Waals surface area contributed by atoms with Crippen molar-refractivity contribution in [3.8, 4) is 0 Å². The number of nitrogens with one attached hydrogen (secondary N) is 2. The molecule has 0 fully saturated rings. The van der Waals surface area contributed by atoms with Crippen molar-refractivity contribution in [1.82, 2.24) is 5.43 Å². The Morgan fingerprint density at radius 2 is 1.83 bits per heavy atom. The summed E-state index contributed by atoms with van der Waals surface area (Å²) in [4.78, 5) is 21.9. The second kappa shape index (κ2) is 5.05. The molecule has 0 bridgehead atoms. The molecule has 1 aromatic rings. The van der Waals surface area contributed by atoms with Crippen molar-refractivity contribution >= 4 is 17.5 Å². The number of carbonyl (C=O) groups is 2. The summed E-state index contributed by atoms with van der Waals surface area (Å²) >= 11 is 0. The molecule has 0 saturated carbocycles. The second-order valence-electron chi connectivity index (χ2n) is 3.46. The van der Waals surface area contributed by atoms with E-state index in [1.807, 2.05) is 5.32 Å². The molecule has 0 aromatic heterocycles. The zero-order chi connectivity index (χ0) is 13.9. The van der Waals surface area contributed by atoms with Gasteiger partial charge in [-0.25, -0.2) is 5.84 Å². The molecule has 0 radical (unpaired) electrons. The number of benzene rings is 1. The highest BCUT2D eigenvalue weighted by Crippen LogP contribution is 2.33. The Kier molecular flexibility index (Phi) is 3.92. The quantitative estimate of drug-likeness (QED) is 0.304. The molecule has 5 nitrogen and oxygen atoms in total. The molecule has 0 aliphatic rings. The number of nitrogens with two attached hydrogens (primary N) is 1. The smallest absolute Gasteiger partial charge is 0.318 e. The Morgan fingerprint density at radius 1 is 1.22 bits per heavy atom. The maximum atomic E-state index is 12.6. The van der Waals surface area contributed by atoms with Crippen LogP contribution in [0.2, 0.25) is 0 Å². The molecule has 18 heavy (non-hydrogen) atoms. The Bertz CT molecular complexity index is 486. The van der Waals surface area contributed by atoms with Crippen LogP contribution in [0.3, 0.4) is 0 Å². The molecule has 1 aromatic carbocycles. The molecule has 2 amide bonds. The topological polar surface area (TPSA) is 84.2 Å². The number of hydrazine groups is 1. The van der Waals surface area contributed by atoms with Crippen molar-refractivity contribution in [1.29, 1.82) is 0 Å². The molecule has 0 aliphatic carbocycles. The van der Waals surface area contributed by atoms with Crippen LogP contribution in [0.5, 0.6) is 0 Å². The molecular formula is C10H10F3N3O2. The lowest BCUT2D eigenvalue weighted by molar-refractivity contribution is -0.138. The second-order valence-corrected chi connectivity index (χ2v) is 3.46. The molecular weight excluding hydrogens is 251 g/mol. The molecule has 8 heteroatoms. The van der Waals surface area contributed by atoms with Gasteiger partial charge >= 0.3 is 18.0 Å². The van der Waals surface area contributed by atoms with E-state index in [1.165, 1.54) is 19.1 Å². The summed E-state index contributed by atoms with van der Waals surface area (Å²) in [6.45, 7) is 1.29. The SMILES string of the molecule is Cc1ccc(NC(=O)C(=O)NN)cc1C(F)(F)F. The summed E-state index contributed by atoms with van der Waals surface area (Å²) in [7, 11) is 0. The van der Waals surface area contributed by atoms with Gasteiger partial charge in [-0.15, -0.1) is 0 Å². The highest BCUT2D eigenvalue weighted by Gasteiger charge is 2.32. The average molecular weight is 261 g/mol. The minimum atomic E-state index is -4.53. The molecule has 0 atom stereocenters. The van der Waals surface area contributed by atoms with E-state index >= 15 is 0 Å². The molecule has 4 N–H and O–H groups in total. The Balaban J connectivity index is 3.00. The van der Waals surface area contributed by atoms with Crippen molar-refractivity contribution in [3.05, 3.63) is 29.3 Å². The minimum absolute atomic E-state index is 0.0174. The number of hydrogen-bond acceptors (Lipinski definition) is 3. The Morgan fingerprint density at radius 3 is 2.33 bits per heavy atom. The summed E-state index contributed by atoms with van der Waals surface area (Å²) in [5.74, 6) is 2.42. The number of rotatable bonds is 1. The van der Waals surface area contributed by atoms with Crippen LogP contribution in [0.25, 0.3) is 0 Å². The standard InChI is InChI=1S/C10H10F3N3O2/c1-5-2-3-6(4-7(5)10(11,12)13)15-8(17)9(18)16-14/h2-4H,14H2,1H3,(H,15,17)(H,16,18). The predicted molar refractivity (Wildman–Crippen MR) is 57.1 cm³/mol. The summed E-state index contributed by atoms with van der Waals surface area (Å²) in [6.07, 6.45) is -4.53. The van der Waals surface area contributed by atoms with E-state index in [4.69, 9.17) is 5.84 Å². The van der Waals surface area contributed by atoms with Crippen LogP contribution in [-0.4, -0.2) is 11.8 Å². The van der Waals surface area contributed by atoms with Gasteiger partial charge in [0.05, 0.1) is 5.56 Å². The van der Waals surface area contributed by atoms with E-state index in [0.29, 0.717) is 0 Å². The monoisotopic (exact) mass is 261 g/mol. The van der Waals surface area contributed by atoms with Gasteiger partial charge in [-0.2, -0.15) is 13.2 Å². The third-order valence-electron chi connectivity index (χ3n) is 2.14. The Hall–Kier alpha value is -2.09. The normalized spacial score (nSPS) is 10.9. The van der Waals surface area contributed by atoms with Crippen LogP contribution in [0, 0.1) is 6.92 Å². The number of halogens is 3. The van der Waals surface area contributed by atoms with E-state index in [1.54, 1.807) is 5.43 Å². The van der Waals surface area contributed by atoms with Crippen molar-refractivity contribution in [2.75, 3.05) is 5.32 Å². The number of alkyl halides is 3. The van der Waals surface area contributed by atoms with Gasteiger partial charge in [-0.1, -0.05) is 6.07 Å². The van der Waals surface area contributed by atoms with E-state index < -0.39 is 23.6 Å². The molecule has 0 unspecified atom stereocenters. The maximum absolute atomic E-state index is 12.6. The predicted octanol–water partition coefficient (Wildman–Crippen LogP) is 0.942. The van der Waals surface area contributed by atoms with Crippen LogP contribution in [0.15, 0.2) is 18.2 Å². The number of amides is 2. The van der Waals surface area contributed by atoms with Gasteiger partial charge in [-0.05, 0) is 24.6 Å². The van der Waals surface area contributed by atoms with Crippen molar-refractivity contribution in [2.24, 2.45) is 5.84 Å². The summed E-state index contributed by atoms with van der Waals surface area (Å²) in [5.41, 5.74) is 0.567.